The van der Waals surface area contributed by atoms with Crippen LogP contribution in [0.3, 0.4) is 0 Å². The summed E-state index contributed by atoms with van der Waals surface area (Å²) in [5, 5.41) is 3.80. The Kier molecular flexibility index (Phi) is 19.3. The van der Waals surface area contributed by atoms with Gasteiger partial charge in [-0.05, 0) is 75.4 Å². The summed E-state index contributed by atoms with van der Waals surface area (Å²) in [5.74, 6) is 0.121. The van der Waals surface area contributed by atoms with Crippen LogP contribution in [0.4, 0.5) is 0 Å². The number of nitrogens with zero attached hydrogens (tertiary/aromatic N) is 1. The molecule has 0 aromatic heterocycles. The first kappa shape index (κ1) is 34.9. The maximum Gasteiger partial charge on any atom is 0.240 e. The third-order valence-corrected chi connectivity index (χ3v) is 6.12. The van der Waals surface area contributed by atoms with E-state index < -0.39 is 0 Å². The van der Waals surface area contributed by atoms with Crippen LogP contribution in [0.25, 0.3) is 0 Å². The number of benzene rings is 1. The maximum atomic E-state index is 11.8. The summed E-state index contributed by atoms with van der Waals surface area (Å²) in [7, 11) is 1.79. The second-order valence-electron chi connectivity index (χ2n) is 8.70. The molecule has 1 amide bonds. The van der Waals surface area contributed by atoms with Crippen molar-refractivity contribution in [2.24, 2.45) is 5.73 Å². The van der Waals surface area contributed by atoms with Gasteiger partial charge in [-0.1, -0.05) is 73.3 Å². The standard InChI is InChI=1S/C13H16O.C10H18N2O2.C8H10ClN/c1-4-9-12(5-2)13(6-3)10-7-8-11-14;1-8(13)7-12-6-4-3-5-9(11-2)10(12)14;1-6-4-7(5-10)2-3-8(6)9/h4-7,9-11H,1-2,8H2,3H3;9,11H,3-7H2,1-2H3;2-4H,5,10H2,1H3/b10-7-,12-9+,13-6+;;. The van der Waals surface area contributed by atoms with Crippen LogP contribution in [-0.4, -0.2) is 49.1 Å². The van der Waals surface area contributed by atoms with Crippen LogP contribution in [0.1, 0.15) is 50.7 Å². The molecule has 1 heterocycles. The highest BCUT2D eigenvalue weighted by Crippen LogP contribution is 2.16. The van der Waals surface area contributed by atoms with Crippen LogP contribution in [0.2, 0.25) is 5.02 Å². The van der Waals surface area contributed by atoms with Gasteiger partial charge in [0.2, 0.25) is 5.91 Å². The van der Waals surface area contributed by atoms with E-state index >= 15 is 0 Å². The SMILES string of the molecule is C=C/C=C(C=C)/C(/C=C\CC=O)=C/C.CNC1CCCCN(CC(C)=O)C1=O.Cc1cc(CN)ccc1Cl. The van der Waals surface area contributed by atoms with Crippen molar-refractivity contribution < 1.29 is 14.4 Å². The Labute approximate surface area is 234 Å². The van der Waals surface area contributed by atoms with Crippen molar-refractivity contribution in [3.63, 3.8) is 0 Å². The van der Waals surface area contributed by atoms with Crippen molar-refractivity contribution in [1.82, 2.24) is 10.2 Å². The number of carbonyl (C=O) groups excluding carboxylic acids is 3. The predicted octanol–water partition coefficient (Wildman–Crippen LogP) is 5.66. The molecule has 3 N–H and O–H groups in total. The predicted molar refractivity (Wildman–Crippen MR) is 160 cm³/mol. The number of ketones is 1. The van der Waals surface area contributed by atoms with Crippen LogP contribution in [0, 0.1) is 6.92 Å². The summed E-state index contributed by atoms with van der Waals surface area (Å²) >= 11 is 5.80. The molecule has 0 spiro atoms. The summed E-state index contributed by atoms with van der Waals surface area (Å²) in [6.07, 6.45) is 15.3. The molecule has 1 saturated heterocycles. The molecule has 0 saturated carbocycles. The Morgan fingerprint density at radius 2 is 1.97 bits per heavy atom. The molecule has 6 nitrogen and oxygen atoms in total. The minimum atomic E-state index is -0.100. The molecule has 7 heteroatoms. The highest BCUT2D eigenvalue weighted by atomic mass is 35.5. The molecule has 0 radical (unpaired) electrons. The zero-order chi connectivity index (χ0) is 28.9. The Morgan fingerprint density at radius 3 is 2.47 bits per heavy atom. The van der Waals surface area contributed by atoms with Gasteiger partial charge in [0.15, 0.2) is 0 Å². The number of halogens is 1. The molecule has 1 aliphatic rings. The highest BCUT2D eigenvalue weighted by Gasteiger charge is 2.25. The summed E-state index contributed by atoms with van der Waals surface area (Å²) in [5.41, 5.74) is 9.69. The van der Waals surface area contributed by atoms with Gasteiger partial charge in [-0.15, -0.1) is 0 Å². The van der Waals surface area contributed by atoms with Gasteiger partial charge in [-0.25, -0.2) is 0 Å². The monoisotopic (exact) mass is 541 g/mol. The third kappa shape index (κ3) is 14.0. The van der Waals surface area contributed by atoms with E-state index in [0.29, 0.717) is 13.0 Å². The largest absolute Gasteiger partial charge is 0.334 e. The van der Waals surface area contributed by atoms with Gasteiger partial charge in [0.25, 0.3) is 0 Å². The Balaban J connectivity index is 0.000000548. The minimum absolute atomic E-state index is 0.0510. The van der Waals surface area contributed by atoms with E-state index in [9.17, 15) is 14.4 Å². The first-order chi connectivity index (χ1) is 18.2. The van der Waals surface area contributed by atoms with Crippen molar-refractivity contribution in [2.75, 3.05) is 20.1 Å². The van der Waals surface area contributed by atoms with E-state index in [-0.39, 0.29) is 24.3 Å². The molecule has 1 fully saturated rings. The van der Waals surface area contributed by atoms with E-state index in [2.05, 4.69) is 18.5 Å². The fourth-order valence-electron chi connectivity index (χ4n) is 3.65. The number of likely N-dealkylation sites (tertiary alicyclic amines) is 1. The Hall–Kier alpha value is -3.06. The number of aldehydes is 1. The molecule has 1 unspecified atom stereocenters. The van der Waals surface area contributed by atoms with Gasteiger partial charge in [0, 0.05) is 24.5 Å². The molecule has 208 valence electrons. The van der Waals surface area contributed by atoms with Gasteiger partial charge >= 0.3 is 0 Å². The number of likely N-dealkylation sites (N-methyl/N-ethyl adjacent to an activating group) is 1. The number of allylic oxidation sites excluding steroid dienone is 8. The third-order valence-electron chi connectivity index (χ3n) is 5.69. The first-order valence-electron chi connectivity index (χ1n) is 12.8. The van der Waals surface area contributed by atoms with Gasteiger partial charge in [-0.2, -0.15) is 0 Å². The number of nitrogens with two attached hydrogens (primary N) is 1. The number of hydrogen-bond acceptors (Lipinski definition) is 5. The molecule has 1 aliphatic heterocycles. The molecule has 1 aromatic rings. The van der Waals surface area contributed by atoms with Crippen molar-refractivity contribution in [3.05, 3.63) is 95.1 Å². The zero-order valence-corrected chi connectivity index (χ0v) is 24.1. The minimum Gasteiger partial charge on any atom is -0.334 e. The molecule has 38 heavy (non-hydrogen) atoms. The first-order valence-corrected chi connectivity index (χ1v) is 13.2. The molecular weight excluding hydrogens is 498 g/mol. The van der Waals surface area contributed by atoms with Crippen LogP contribution < -0.4 is 11.1 Å². The quantitative estimate of drug-likeness (QED) is 0.294. The molecule has 0 bridgehead atoms. The molecular formula is C31H44ClN3O3. The fraction of sp³-hybridized carbons (Fsp3) is 0.387. The average molecular weight is 542 g/mol. The number of aryl methyl sites for hydroxylation is 1. The fourth-order valence-corrected chi connectivity index (χ4v) is 3.77. The van der Waals surface area contributed by atoms with Crippen LogP contribution in [0.15, 0.2) is 79.0 Å². The lowest BCUT2D eigenvalue weighted by molar-refractivity contribution is -0.136. The number of Topliss-reactive ketones (excluding diaryl/α,β-unsaturated/α-hetero) is 1. The summed E-state index contributed by atoms with van der Waals surface area (Å²) < 4.78 is 0. The number of rotatable bonds is 10. The number of nitrogens with one attached hydrogen (secondary N) is 1. The van der Waals surface area contributed by atoms with Crippen molar-refractivity contribution in [1.29, 1.82) is 0 Å². The van der Waals surface area contributed by atoms with Gasteiger partial charge in [0.05, 0.1) is 12.6 Å². The van der Waals surface area contributed by atoms with Crippen molar-refractivity contribution in [2.45, 2.75) is 59.0 Å². The van der Waals surface area contributed by atoms with E-state index in [1.165, 1.54) is 6.92 Å². The lowest BCUT2D eigenvalue weighted by Crippen LogP contribution is -2.45. The second-order valence-corrected chi connectivity index (χ2v) is 9.10. The number of hydrogen-bond donors (Lipinski definition) is 2. The highest BCUT2D eigenvalue weighted by molar-refractivity contribution is 6.31. The number of carbonyl (C=O) groups is 3. The van der Waals surface area contributed by atoms with Crippen LogP contribution >= 0.6 is 11.6 Å². The maximum absolute atomic E-state index is 11.8. The molecule has 1 aromatic carbocycles. The number of amides is 1. The van der Waals surface area contributed by atoms with E-state index in [1.807, 2.05) is 56.4 Å². The van der Waals surface area contributed by atoms with Crippen molar-refractivity contribution >= 4 is 29.6 Å². The lowest BCUT2D eigenvalue weighted by atomic mass is 10.0. The van der Waals surface area contributed by atoms with Gasteiger partial charge in [0.1, 0.15) is 12.1 Å². The molecule has 2 rings (SSSR count). The lowest BCUT2D eigenvalue weighted by Gasteiger charge is -2.22. The molecule has 1 atom stereocenters. The summed E-state index contributed by atoms with van der Waals surface area (Å²) in [4.78, 5) is 34.6. The van der Waals surface area contributed by atoms with E-state index in [0.717, 1.165) is 59.4 Å². The summed E-state index contributed by atoms with van der Waals surface area (Å²) in [6.45, 7) is 14.3. The van der Waals surface area contributed by atoms with E-state index in [4.69, 9.17) is 17.3 Å². The van der Waals surface area contributed by atoms with Crippen LogP contribution in [0.5, 0.6) is 0 Å². The van der Waals surface area contributed by atoms with Crippen LogP contribution in [-0.2, 0) is 20.9 Å². The zero-order valence-electron chi connectivity index (χ0n) is 23.3. The molecule has 0 aliphatic carbocycles. The van der Waals surface area contributed by atoms with Gasteiger partial charge in [-0.3, -0.25) is 9.59 Å². The Morgan fingerprint density at radius 1 is 1.26 bits per heavy atom. The second kappa shape index (κ2) is 20.9. The smallest absolute Gasteiger partial charge is 0.240 e. The van der Waals surface area contributed by atoms with Gasteiger partial charge < -0.3 is 20.7 Å². The topological polar surface area (TPSA) is 92.5 Å². The summed E-state index contributed by atoms with van der Waals surface area (Å²) in [6, 6.07) is 5.72. The van der Waals surface area contributed by atoms with Crippen molar-refractivity contribution in [3.8, 4) is 0 Å². The average Bonchev–Trinajstić information content (AvgIpc) is 3.08. The van der Waals surface area contributed by atoms with E-state index in [1.54, 1.807) is 24.1 Å². The normalized spacial score (nSPS) is 16.0. The Bertz CT molecular complexity index is 1010.